The first-order valence-corrected chi connectivity index (χ1v) is 8.73. The molecule has 1 aliphatic heterocycles. The van der Waals surface area contributed by atoms with E-state index in [1.807, 2.05) is 23.6 Å². The molecule has 0 spiro atoms. The second-order valence-corrected chi connectivity index (χ2v) is 7.12. The zero-order valence-electron chi connectivity index (χ0n) is 12.6. The van der Waals surface area contributed by atoms with E-state index in [0.29, 0.717) is 23.0 Å². The van der Waals surface area contributed by atoms with Gasteiger partial charge in [0.1, 0.15) is 0 Å². The second-order valence-electron chi connectivity index (χ2n) is 5.32. The highest BCUT2D eigenvalue weighted by Gasteiger charge is 2.15. The maximum absolute atomic E-state index is 12.1. The summed E-state index contributed by atoms with van der Waals surface area (Å²) in [5.41, 5.74) is 3.96. The number of carbonyl (C=O) groups excluding carboxylic acids is 1. The van der Waals surface area contributed by atoms with E-state index in [4.69, 9.17) is 9.47 Å². The molecule has 2 heterocycles. The third kappa shape index (κ3) is 3.56. The van der Waals surface area contributed by atoms with Crippen molar-refractivity contribution in [3.05, 3.63) is 44.1 Å². The van der Waals surface area contributed by atoms with Gasteiger partial charge in [0.2, 0.25) is 6.79 Å². The summed E-state index contributed by atoms with van der Waals surface area (Å²) in [4.78, 5) is 13.2. The van der Waals surface area contributed by atoms with Crippen molar-refractivity contribution >= 4 is 39.4 Å². The molecule has 5 nitrogen and oxygen atoms in total. The fourth-order valence-electron chi connectivity index (χ4n) is 2.03. The van der Waals surface area contributed by atoms with Crippen LogP contribution >= 0.6 is 27.3 Å². The lowest BCUT2D eigenvalue weighted by Gasteiger charge is -2.02. The molecule has 1 aliphatic rings. The van der Waals surface area contributed by atoms with E-state index in [9.17, 15) is 4.79 Å². The zero-order valence-corrected chi connectivity index (χ0v) is 15.0. The lowest BCUT2D eigenvalue weighted by atomic mass is 10.1. The highest BCUT2D eigenvalue weighted by molar-refractivity contribution is 9.10. The number of benzene rings is 1. The van der Waals surface area contributed by atoms with E-state index in [-0.39, 0.29) is 12.7 Å². The molecule has 0 fully saturated rings. The van der Waals surface area contributed by atoms with Crippen molar-refractivity contribution in [1.29, 1.82) is 0 Å². The number of rotatable bonds is 4. The van der Waals surface area contributed by atoms with Crippen molar-refractivity contribution in [1.82, 2.24) is 5.43 Å². The minimum atomic E-state index is -0.221. The number of ether oxygens (including phenoxy) is 2. The Hall–Kier alpha value is -1.86. The van der Waals surface area contributed by atoms with Crippen LogP contribution in [-0.2, 0) is 0 Å². The Bertz CT molecular complexity index is 771. The standard InChI is InChI=1S/C16H15BrN2O3S/c1-9(2)15-4-11(7-23-15)16(20)19-18-6-10-3-13-14(5-12(10)17)22-8-21-13/h3-7,9H,8H2,1-2H3,(H,19,20). The number of nitrogens with zero attached hydrogens (tertiary/aromatic N) is 1. The number of thiophene rings is 1. The minimum absolute atomic E-state index is 0.218. The maximum Gasteiger partial charge on any atom is 0.272 e. The first-order valence-electron chi connectivity index (χ1n) is 7.05. The van der Waals surface area contributed by atoms with Crippen LogP contribution < -0.4 is 14.9 Å². The number of hydrogen-bond donors (Lipinski definition) is 1. The first-order chi connectivity index (χ1) is 11.0. The van der Waals surface area contributed by atoms with Crippen molar-refractivity contribution in [3.8, 4) is 11.5 Å². The Labute approximate surface area is 146 Å². The molecule has 0 atom stereocenters. The summed E-state index contributed by atoms with van der Waals surface area (Å²) in [5.74, 6) is 1.55. The second kappa shape index (κ2) is 6.72. The molecule has 0 saturated carbocycles. The van der Waals surface area contributed by atoms with Crippen LogP contribution in [0.25, 0.3) is 0 Å². The molecule has 0 unspecified atom stereocenters. The maximum atomic E-state index is 12.1. The van der Waals surface area contributed by atoms with E-state index >= 15 is 0 Å². The molecule has 0 saturated heterocycles. The van der Waals surface area contributed by atoms with Crippen LogP contribution in [0.2, 0.25) is 0 Å². The first kappa shape index (κ1) is 16.0. The number of hydrazone groups is 1. The Morgan fingerprint density at radius 3 is 2.78 bits per heavy atom. The minimum Gasteiger partial charge on any atom is -0.454 e. The summed E-state index contributed by atoms with van der Waals surface area (Å²) in [6, 6.07) is 5.53. The lowest BCUT2D eigenvalue weighted by molar-refractivity contribution is 0.0955. The molecular formula is C16H15BrN2O3S. The number of carbonyl (C=O) groups is 1. The summed E-state index contributed by atoms with van der Waals surface area (Å²) in [7, 11) is 0. The van der Waals surface area contributed by atoms with Crippen molar-refractivity contribution in [3.63, 3.8) is 0 Å². The normalized spacial score (nSPS) is 13.0. The number of halogens is 1. The smallest absolute Gasteiger partial charge is 0.272 e. The molecule has 2 aromatic rings. The summed E-state index contributed by atoms with van der Waals surface area (Å²) in [6.45, 7) is 4.42. The summed E-state index contributed by atoms with van der Waals surface area (Å²) < 4.78 is 11.4. The van der Waals surface area contributed by atoms with Crippen molar-refractivity contribution in [2.75, 3.05) is 6.79 Å². The Morgan fingerprint density at radius 2 is 2.09 bits per heavy atom. The van der Waals surface area contributed by atoms with Crippen molar-refractivity contribution in [2.24, 2.45) is 5.10 Å². The van der Waals surface area contributed by atoms with Gasteiger partial charge >= 0.3 is 0 Å². The van der Waals surface area contributed by atoms with Gasteiger partial charge in [0.25, 0.3) is 5.91 Å². The molecule has 120 valence electrons. The zero-order chi connectivity index (χ0) is 16.4. The largest absolute Gasteiger partial charge is 0.454 e. The van der Waals surface area contributed by atoms with Crippen LogP contribution in [0.1, 0.15) is 40.6 Å². The highest BCUT2D eigenvalue weighted by Crippen LogP contribution is 2.36. The Morgan fingerprint density at radius 1 is 1.35 bits per heavy atom. The Balaban J connectivity index is 1.67. The van der Waals surface area contributed by atoms with E-state index in [0.717, 1.165) is 10.0 Å². The van der Waals surface area contributed by atoms with Gasteiger partial charge in [-0.2, -0.15) is 5.10 Å². The van der Waals surface area contributed by atoms with Gasteiger partial charge in [0.05, 0.1) is 11.8 Å². The third-order valence-electron chi connectivity index (χ3n) is 3.31. The third-order valence-corrected chi connectivity index (χ3v) is 5.23. The van der Waals surface area contributed by atoms with Crippen molar-refractivity contribution < 1.29 is 14.3 Å². The van der Waals surface area contributed by atoms with Gasteiger partial charge in [-0.25, -0.2) is 5.43 Å². The molecule has 7 heteroatoms. The lowest BCUT2D eigenvalue weighted by Crippen LogP contribution is -2.16. The van der Waals surface area contributed by atoms with Gasteiger partial charge in [-0.3, -0.25) is 4.79 Å². The number of fused-ring (bicyclic) bond motifs is 1. The molecule has 1 amide bonds. The fourth-order valence-corrected chi connectivity index (χ4v) is 3.36. The topological polar surface area (TPSA) is 59.9 Å². The number of hydrogen-bond acceptors (Lipinski definition) is 5. The van der Waals surface area contributed by atoms with Gasteiger partial charge in [0, 0.05) is 20.3 Å². The van der Waals surface area contributed by atoms with E-state index in [1.165, 1.54) is 4.88 Å². The van der Waals surface area contributed by atoms with Gasteiger partial charge in [-0.1, -0.05) is 13.8 Å². The predicted octanol–water partition coefficient (Wildman–Crippen LogP) is 4.13. The number of nitrogens with one attached hydrogen (secondary N) is 1. The van der Waals surface area contributed by atoms with E-state index < -0.39 is 0 Å². The monoisotopic (exact) mass is 394 g/mol. The average molecular weight is 395 g/mol. The number of amides is 1. The van der Waals surface area contributed by atoms with Gasteiger partial charge in [-0.15, -0.1) is 11.3 Å². The molecule has 1 aromatic carbocycles. The Kier molecular flexibility index (Phi) is 4.68. The quantitative estimate of drug-likeness (QED) is 0.626. The summed E-state index contributed by atoms with van der Waals surface area (Å²) in [6.07, 6.45) is 1.57. The highest BCUT2D eigenvalue weighted by atomic mass is 79.9. The average Bonchev–Trinajstić information content (AvgIpc) is 3.15. The van der Waals surface area contributed by atoms with Crippen LogP contribution in [0.3, 0.4) is 0 Å². The molecule has 0 aliphatic carbocycles. The SMILES string of the molecule is CC(C)c1cc(C(=O)NN=Cc2cc3c(cc2Br)OCO3)cs1. The molecular weight excluding hydrogens is 380 g/mol. The molecule has 23 heavy (non-hydrogen) atoms. The van der Waals surface area contributed by atoms with Crippen molar-refractivity contribution in [2.45, 2.75) is 19.8 Å². The van der Waals surface area contributed by atoms with Crippen LogP contribution in [0, 0.1) is 0 Å². The molecule has 0 bridgehead atoms. The molecule has 3 rings (SSSR count). The van der Waals surface area contributed by atoms with Gasteiger partial charge < -0.3 is 9.47 Å². The molecule has 0 radical (unpaired) electrons. The van der Waals surface area contributed by atoms with E-state index in [1.54, 1.807) is 17.6 Å². The summed E-state index contributed by atoms with van der Waals surface area (Å²) >= 11 is 5.02. The van der Waals surface area contributed by atoms with E-state index in [2.05, 4.69) is 40.3 Å². The molecule has 1 N–H and O–H groups in total. The van der Waals surface area contributed by atoms with Crippen LogP contribution in [-0.4, -0.2) is 18.9 Å². The van der Waals surface area contributed by atoms with Crippen LogP contribution in [0.4, 0.5) is 0 Å². The van der Waals surface area contributed by atoms with Gasteiger partial charge in [0.15, 0.2) is 11.5 Å². The fraction of sp³-hybridized carbons (Fsp3) is 0.250. The van der Waals surface area contributed by atoms with Gasteiger partial charge in [-0.05, 0) is 40.0 Å². The van der Waals surface area contributed by atoms with Crippen LogP contribution in [0.15, 0.2) is 33.2 Å². The predicted molar refractivity (Wildman–Crippen MR) is 93.7 cm³/mol. The van der Waals surface area contributed by atoms with Crippen LogP contribution in [0.5, 0.6) is 11.5 Å². The summed E-state index contributed by atoms with van der Waals surface area (Å²) in [5, 5.41) is 5.86. The molecule has 1 aromatic heterocycles.